The van der Waals surface area contributed by atoms with E-state index in [1.165, 1.54) is 0 Å². The standard InChI is InChI=1S/C13H17N3O2S/c1-13(8-14,9-6-7-9)15-12-10-4-2-3-5-11(10)19(17,18)16-12/h2-5,9H,6-8,14H2,1H3,(H,15,16). The van der Waals surface area contributed by atoms with Gasteiger partial charge < -0.3 is 5.73 Å². The first kappa shape index (κ1) is 12.6. The summed E-state index contributed by atoms with van der Waals surface area (Å²) in [4.78, 5) is 4.92. The van der Waals surface area contributed by atoms with Crippen LogP contribution in [-0.2, 0) is 10.0 Å². The van der Waals surface area contributed by atoms with Gasteiger partial charge in [-0.1, -0.05) is 12.1 Å². The number of hydrogen-bond donors (Lipinski definition) is 2. The summed E-state index contributed by atoms with van der Waals surface area (Å²) in [5, 5.41) is 0. The fraction of sp³-hybridized carbons (Fsp3) is 0.462. The minimum atomic E-state index is -3.46. The Kier molecular flexibility index (Phi) is 2.69. The van der Waals surface area contributed by atoms with Crippen molar-refractivity contribution in [3.63, 3.8) is 0 Å². The molecule has 1 aliphatic carbocycles. The van der Waals surface area contributed by atoms with Gasteiger partial charge in [-0.3, -0.25) is 9.71 Å². The van der Waals surface area contributed by atoms with Gasteiger partial charge in [0.25, 0.3) is 10.0 Å². The molecule has 0 aromatic heterocycles. The summed E-state index contributed by atoms with van der Waals surface area (Å²) in [6.45, 7) is 2.41. The molecule has 1 atom stereocenters. The van der Waals surface area contributed by atoms with E-state index in [-0.39, 0.29) is 5.54 Å². The van der Waals surface area contributed by atoms with Crippen molar-refractivity contribution in [2.75, 3.05) is 6.54 Å². The van der Waals surface area contributed by atoms with Crippen LogP contribution in [0.4, 0.5) is 0 Å². The van der Waals surface area contributed by atoms with Crippen LogP contribution in [0.5, 0.6) is 0 Å². The maximum Gasteiger partial charge on any atom is 0.263 e. The predicted molar refractivity (Wildman–Crippen MR) is 73.5 cm³/mol. The maximum atomic E-state index is 12.0. The van der Waals surface area contributed by atoms with Gasteiger partial charge in [0.2, 0.25) is 0 Å². The van der Waals surface area contributed by atoms with Crippen molar-refractivity contribution in [3.05, 3.63) is 29.8 Å². The quantitative estimate of drug-likeness (QED) is 0.860. The Hall–Kier alpha value is -1.40. The molecule has 6 heteroatoms. The zero-order valence-corrected chi connectivity index (χ0v) is 11.6. The van der Waals surface area contributed by atoms with Gasteiger partial charge in [-0.05, 0) is 37.8 Å². The number of hydrogen-bond acceptors (Lipinski definition) is 4. The zero-order valence-electron chi connectivity index (χ0n) is 10.8. The molecule has 19 heavy (non-hydrogen) atoms. The third-order valence-electron chi connectivity index (χ3n) is 3.90. The highest BCUT2D eigenvalue weighted by molar-refractivity contribution is 7.90. The van der Waals surface area contributed by atoms with Crippen LogP contribution >= 0.6 is 0 Å². The van der Waals surface area contributed by atoms with Crippen LogP contribution in [0.2, 0.25) is 0 Å². The van der Waals surface area contributed by atoms with Crippen LogP contribution in [0.15, 0.2) is 34.2 Å². The second-order valence-corrected chi connectivity index (χ2v) is 7.05. The lowest BCUT2D eigenvalue weighted by Crippen LogP contribution is -2.38. The summed E-state index contributed by atoms with van der Waals surface area (Å²) in [6, 6.07) is 6.89. The number of nitrogens with one attached hydrogen (secondary N) is 1. The highest BCUT2D eigenvalue weighted by Crippen LogP contribution is 2.42. The van der Waals surface area contributed by atoms with Gasteiger partial charge >= 0.3 is 0 Å². The molecular formula is C13H17N3O2S. The number of rotatable bonds is 3. The first-order valence-electron chi connectivity index (χ1n) is 6.38. The summed E-state index contributed by atoms with van der Waals surface area (Å²) >= 11 is 0. The van der Waals surface area contributed by atoms with E-state index in [2.05, 4.69) is 9.71 Å². The van der Waals surface area contributed by atoms with E-state index in [4.69, 9.17) is 5.73 Å². The molecule has 1 aromatic rings. The Morgan fingerprint density at radius 2 is 2.11 bits per heavy atom. The van der Waals surface area contributed by atoms with E-state index in [9.17, 15) is 8.42 Å². The van der Waals surface area contributed by atoms with Crippen molar-refractivity contribution < 1.29 is 8.42 Å². The molecule has 3 rings (SSSR count). The second kappa shape index (κ2) is 4.05. The average molecular weight is 279 g/mol. The van der Waals surface area contributed by atoms with E-state index in [1.54, 1.807) is 18.2 Å². The first-order valence-corrected chi connectivity index (χ1v) is 7.87. The Morgan fingerprint density at radius 1 is 1.42 bits per heavy atom. The predicted octanol–water partition coefficient (Wildman–Crippen LogP) is 0.853. The number of aliphatic imine (C=N–C) groups is 1. The molecule has 0 bridgehead atoms. The summed E-state index contributed by atoms with van der Waals surface area (Å²) in [5.41, 5.74) is 6.09. The van der Waals surface area contributed by atoms with Gasteiger partial charge in [0.1, 0.15) is 5.84 Å². The van der Waals surface area contributed by atoms with E-state index in [1.807, 2.05) is 13.0 Å². The molecule has 3 N–H and O–H groups in total. The fourth-order valence-electron chi connectivity index (χ4n) is 2.48. The molecule has 1 saturated carbocycles. The van der Waals surface area contributed by atoms with E-state index >= 15 is 0 Å². The molecule has 1 aromatic carbocycles. The molecule has 0 spiro atoms. The molecule has 1 aliphatic heterocycles. The molecule has 0 radical (unpaired) electrons. The molecule has 5 nitrogen and oxygen atoms in total. The minimum Gasteiger partial charge on any atom is -0.328 e. The average Bonchev–Trinajstić information content (AvgIpc) is 3.19. The molecule has 1 unspecified atom stereocenters. The van der Waals surface area contributed by atoms with Crippen LogP contribution in [0.1, 0.15) is 25.3 Å². The van der Waals surface area contributed by atoms with Crippen LogP contribution in [0.25, 0.3) is 0 Å². The molecule has 0 amide bonds. The number of benzene rings is 1. The number of amidine groups is 1. The monoisotopic (exact) mass is 279 g/mol. The van der Waals surface area contributed by atoms with Gasteiger partial charge in [0.15, 0.2) is 0 Å². The lowest BCUT2D eigenvalue weighted by Gasteiger charge is -2.23. The lowest BCUT2D eigenvalue weighted by atomic mass is 9.97. The van der Waals surface area contributed by atoms with E-state index in [0.717, 1.165) is 12.8 Å². The molecular weight excluding hydrogens is 262 g/mol. The van der Waals surface area contributed by atoms with Crippen LogP contribution in [0, 0.1) is 5.92 Å². The molecule has 2 aliphatic rings. The third-order valence-corrected chi connectivity index (χ3v) is 5.30. The van der Waals surface area contributed by atoms with Crippen molar-refractivity contribution in [2.24, 2.45) is 16.6 Å². The van der Waals surface area contributed by atoms with Crippen molar-refractivity contribution in [1.82, 2.24) is 4.72 Å². The van der Waals surface area contributed by atoms with Gasteiger partial charge in [-0.15, -0.1) is 0 Å². The van der Waals surface area contributed by atoms with E-state index < -0.39 is 10.0 Å². The topological polar surface area (TPSA) is 84.5 Å². The van der Waals surface area contributed by atoms with Crippen molar-refractivity contribution in [3.8, 4) is 0 Å². The normalized spacial score (nSPS) is 25.7. The number of nitrogens with two attached hydrogens (primary N) is 1. The summed E-state index contributed by atoms with van der Waals surface area (Å²) in [5.74, 6) is 0.887. The molecule has 1 fully saturated rings. The Labute approximate surface area is 113 Å². The summed E-state index contributed by atoms with van der Waals surface area (Å²) in [6.07, 6.45) is 2.22. The van der Waals surface area contributed by atoms with Gasteiger partial charge in [0, 0.05) is 12.1 Å². The van der Waals surface area contributed by atoms with Crippen LogP contribution in [-0.4, -0.2) is 26.3 Å². The first-order chi connectivity index (χ1) is 8.96. The van der Waals surface area contributed by atoms with Gasteiger partial charge in [-0.2, -0.15) is 0 Å². The molecule has 1 heterocycles. The smallest absolute Gasteiger partial charge is 0.263 e. The summed E-state index contributed by atoms with van der Waals surface area (Å²) < 4.78 is 26.5. The van der Waals surface area contributed by atoms with E-state index in [0.29, 0.717) is 28.8 Å². The lowest BCUT2D eigenvalue weighted by molar-refractivity contribution is 0.423. The van der Waals surface area contributed by atoms with Crippen LogP contribution in [0.3, 0.4) is 0 Å². The highest BCUT2D eigenvalue weighted by atomic mass is 32.2. The Morgan fingerprint density at radius 3 is 2.74 bits per heavy atom. The summed E-state index contributed by atoms with van der Waals surface area (Å²) in [7, 11) is -3.46. The SMILES string of the molecule is CC(CN)(N=C1NS(=O)(=O)c2ccccc21)C1CC1. The van der Waals surface area contributed by atoms with Crippen molar-refractivity contribution in [1.29, 1.82) is 0 Å². The fourth-order valence-corrected chi connectivity index (χ4v) is 3.71. The largest absolute Gasteiger partial charge is 0.328 e. The molecule has 102 valence electrons. The van der Waals surface area contributed by atoms with Gasteiger partial charge in [0.05, 0.1) is 10.4 Å². The third kappa shape index (κ3) is 2.04. The van der Waals surface area contributed by atoms with Crippen LogP contribution < -0.4 is 10.5 Å². The Balaban J connectivity index is 2.08. The Bertz CT molecular complexity index is 650. The second-order valence-electron chi connectivity index (χ2n) is 5.40. The van der Waals surface area contributed by atoms with Crippen molar-refractivity contribution >= 4 is 15.9 Å². The van der Waals surface area contributed by atoms with Gasteiger partial charge in [-0.25, -0.2) is 8.42 Å². The minimum absolute atomic E-state index is 0.295. The number of nitrogens with zero attached hydrogens (tertiary/aromatic N) is 1. The number of fused-ring (bicyclic) bond motifs is 1. The molecule has 0 saturated heterocycles. The van der Waals surface area contributed by atoms with Crippen molar-refractivity contribution in [2.45, 2.75) is 30.2 Å². The zero-order chi connectivity index (χ0) is 13.7. The number of sulfonamides is 1. The highest BCUT2D eigenvalue weighted by Gasteiger charge is 2.42. The maximum absolute atomic E-state index is 12.0.